The molecule has 0 fully saturated rings. The first kappa shape index (κ1) is 28.7. The van der Waals surface area contributed by atoms with E-state index in [0.29, 0.717) is 0 Å². The minimum atomic E-state index is -0.550. The van der Waals surface area contributed by atoms with E-state index in [0.717, 1.165) is 45.0 Å². The fourth-order valence-corrected chi connectivity index (χ4v) is 7.25. The van der Waals surface area contributed by atoms with E-state index in [9.17, 15) is 0 Å². The minimum Gasteiger partial charge on any atom is -0.265 e. The molecule has 0 saturated carbocycles. The van der Waals surface area contributed by atoms with Crippen molar-refractivity contribution in [3.8, 4) is 33.6 Å². The normalized spacial score (nSPS) is 11.7. The summed E-state index contributed by atoms with van der Waals surface area (Å²) in [5.41, 5.74) is 7.57. The van der Waals surface area contributed by atoms with Crippen molar-refractivity contribution in [2.45, 2.75) is 19.3 Å². The third-order valence-electron chi connectivity index (χ3n) is 8.02. The molecular weight excluding hydrogens is 760 g/mol. The van der Waals surface area contributed by atoms with Crippen LogP contribution in [0, 0.1) is 12.1 Å². The van der Waals surface area contributed by atoms with Gasteiger partial charge in [-0.3, -0.25) is 9.36 Å². The Kier molecular flexibility index (Phi) is 7.45. The zero-order valence-corrected chi connectivity index (χ0v) is 27.9. The molecule has 7 heteroatoms. The molecule has 0 radical (unpaired) electrons. The van der Waals surface area contributed by atoms with E-state index in [1.807, 2.05) is 21.5 Å². The number of nitrogens with zero attached hydrogens (tertiary/aromatic N) is 4. The molecular formula is C37H26N4PtS2. The van der Waals surface area contributed by atoms with Gasteiger partial charge in [-0.25, -0.2) is 22.7 Å². The van der Waals surface area contributed by atoms with Crippen molar-refractivity contribution >= 4 is 42.8 Å². The molecule has 0 amide bonds. The van der Waals surface area contributed by atoms with Crippen LogP contribution in [-0.4, -0.2) is 19.6 Å². The number of hydrogen-bond donors (Lipinski definition) is 0. The van der Waals surface area contributed by atoms with Gasteiger partial charge in [-0.15, -0.1) is 22.9 Å². The van der Waals surface area contributed by atoms with Gasteiger partial charge in [0.2, 0.25) is 0 Å². The molecule has 0 atom stereocenters. The Morgan fingerprint density at radius 1 is 0.614 bits per heavy atom. The molecule has 4 aromatic carbocycles. The number of benzene rings is 4. The van der Waals surface area contributed by atoms with Gasteiger partial charge in [0.25, 0.3) is 0 Å². The Balaban J connectivity index is 0.00000312. The summed E-state index contributed by atoms with van der Waals surface area (Å²) in [4.78, 5) is 0. The van der Waals surface area contributed by atoms with Crippen LogP contribution in [0.25, 0.3) is 53.8 Å². The van der Waals surface area contributed by atoms with Gasteiger partial charge < -0.3 is 0 Å². The fraction of sp³-hybridized carbons (Fsp3) is 0.0811. The summed E-state index contributed by atoms with van der Waals surface area (Å²) < 4.78 is 6.37. The van der Waals surface area contributed by atoms with Crippen LogP contribution in [0.15, 0.2) is 120 Å². The van der Waals surface area contributed by atoms with Crippen molar-refractivity contribution in [2.75, 3.05) is 0 Å². The average molecular weight is 786 g/mol. The van der Waals surface area contributed by atoms with Gasteiger partial charge in [0.1, 0.15) is 0 Å². The molecule has 8 aromatic rings. The molecule has 0 bridgehead atoms. The van der Waals surface area contributed by atoms with E-state index in [4.69, 9.17) is 10.2 Å². The molecule has 216 valence electrons. The largest absolute Gasteiger partial charge is 2.00 e. The van der Waals surface area contributed by atoms with Crippen LogP contribution in [0.2, 0.25) is 0 Å². The quantitative estimate of drug-likeness (QED) is 0.158. The van der Waals surface area contributed by atoms with E-state index in [2.05, 4.69) is 134 Å². The molecule has 4 nitrogen and oxygen atoms in total. The standard InChI is InChI=1S/C37H26N4S2.Pt/c1-37(2,35-31(25-9-5-3-6-10-25)23-40(38-35)29-13-15-33-27(21-29)17-19-42-33)36-32(26-11-7-4-8-12-26)24-41(39-36)30-14-16-34-28(22-30)18-20-43-34;/h3-12,15-24H,1-2H3;/q-2;+2. The zero-order chi connectivity index (χ0) is 29.0. The Labute approximate surface area is 278 Å². The van der Waals surface area contributed by atoms with Crippen LogP contribution in [0.4, 0.5) is 0 Å². The molecule has 44 heavy (non-hydrogen) atoms. The number of rotatable bonds is 6. The molecule has 0 saturated heterocycles. The molecule has 0 spiro atoms. The first-order valence-corrected chi connectivity index (χ1v) is 15.9. The number of hydrogen-bond acceptors (Lipinski definition) is 4. The first-order valence-electron chi connectivity index (χ1n) is 14.1. The number of aromatic nitrogens is 4. The van der Waals surface area contributed by atoms with Crippen molar-refractivity contribution in [1.82, 2.24) is 19.6 Å². The maximum atomic E-state index is 5.28. The summed E-state index contributed by atoms with van der Waals surface area (Å²) >= 11 is 3.45. The Bertz CT molecular complexity index is 2060. The van der Waals surface area contributed by atoms with Crippen molar-refractivity contribution in [1.29, 1.82) is 0 Å². The monoisotopic (exact) mass is 785 g/mol. The zero-order valence-electron chi connectivity index (χ0n) is 24.0. The Morgan fingerprint density at radius 3 is 1.48 bits per heavy atom. The van der Waals surface area contributed by atoms with Crippen LogP contribution in [0.3, 0.4) is 0 Å². The predicted octanol–water partition coefficient (Wildman–Crippen LogP) is 9.75. The number of fused-ring (bicyclic) bond motifs is 2. The summed E-state index contributed by atoms with van der Waals surface area (Å²) in [5, 5.41) is 17.2. The van der Waals surface area contributed by atoms with Gasteiger partial charge in [0, 0.05) is 23.5 Å². The molecule has 0 aliphatic rings. The van der Waals surface area contributed by atoms with E-state index >= 15 is 0 Å². The van der Waals surface area contributed by atoms with E-state index in [1.54, 1.807) is 22.7 Å². The van der Waals surface area contributed by atoms with Crippen LogP contribution < -0.4 is 0 Å². The van der Waals surface area contributed by atoms with Crippen LogP contribution >= 0.6 is 22.7 Å². The van der Waals surface area contributed by atoms with Crippen LogP contribution in [0.1, 0.15) is 25.2 Å². The Hall–Kier alpha value is -4.09. The summed E-state index contributed by atoms with van der Waals surface area (Å²) in [6.07, 6.45) is 4.27. The first-order chi connectivity index (χ1) is 21.0. The summed E-state index contributed by atoms with van der Waals surface area (Å²) in [6.45, 7) is 4.45. The minimum absolute atomic E-state index is 0. The molecule has 0 aliphatic carbocycles. The van der Waals surface area contributed by atoms with Gasteiger partial charge in [0.15, 0.2) is 0 Å². The summed E-state index contributed by atoms with van der Waals surface area (Å²) in [5.74, 6) is 0. The van der Waals surface area contributed by atoms with Gasteiger partial charge in [0.05, 0.1) is 16.8 Å². The molecule has 0 aliphatic heterocycles. The van der Waals surface area contributed by atoms with Crippen LogP contribution in [-0.2, 0) is 26.5 Å². The van der Waals surface area contributed by atoms with E-state index in [1.165, 1.54) is 20.2 Å². The van der Waals surface area contributed by atoms with Gasteiger partial charge in [-0.1, -0.05) is 82.2 Å². The predicted molar refractivity (Wildman–Crippen MR) is 179 cm³/mol. The second-order valence-corrected chi connectivity index (χ2v) is 13.0. The second-order valence-electron chi connectivity index (χ2n) is 11.1. The van der Waals surface area contributed by atoms with Gasteiger partial charge in [-0.2, -0.15) is 34.5 Å². The molecule has 0 unspecified atom stereocenters. The van der Waals surface area contributed by atoms with E-state index < -0.39 is 5.41 Å². The van der Waals surface area contributed by atoms with Crippen molar-refractivity contribution in [3.05, 3.63) is 144 Å². The average Bonchev–Trinajstić information content (AvgIpc) is 3.86. The topological polar surface area (TPSA) is 35.6 Å². The van der Waals surface area contributed by atoms with Crippen molar-refractivity contribution in [2.24, 2.45) is 0 Å². The Morgan fingerprint density at radius 2 is 1.05 bits per heavy atom. The van der Waals surface area contributed by atoms with Crippen molar-refractivity contribution < 1.29 is 21.1 Å². The maximum absolute atomic E-state index is 5.28. The third-order valence-corrected chi connectivity index (χ3v) is 9.78. The molecule has 4 heterocycles. The smallest absolute Gasteiger partial charge is 0.265 e. The number of thiophene rings is 2. The summed E-state index contributed by atoms with van der Waals surface area (Å²) in [6, 6.07) is 40.6. The SMILES string of the molecule is CC(C)(c1nn(-c2[c-]cc3sccc3c2)cc1-c1ccccc1)c1nn(-c2[c-]cc3sccc3c2)cc1-c1ccccc1.[Pt+2]. The van der Waals surface area contributed by atoms with E-state index in [-0.39, 0.29) is 21.1 Å². The third kappa shape index (κ3) is 4.97. The molecule has 0 N–H and O–H groups in total. The second kappa shape index (κ2) is 11.4. The fourth-order valence-electron chi connectivity index (χ4n) is 5.74. The maximum Gasteiger partial charge on any atom is 2.00 e. The van der Waals surface area contributed by atoms with Gasteiger partial charge in [-0.05, 0) is 47.1 Å². The van der Waals surface area contributed by atoms with Crippen molar-refractivity contribution in [3.63, 3.8) is 0 Å². The van der Waals surface area contributed by atoms with Gasteiger partial charge >= 0.3 is 21.1 Å². The molecule has 8 rings (SSSR count). The summed E-state index contributed by atoms with van der Waals surface area (Å²) in [7, 11) is 0. The van der Waals surface area contributed by atoms with Crippen LogP contribution in [0.5, 0.6) is 0 Å². The molecule has 4 aromatic heterocycles.